The SMILES string of the molecule is CC(C)(N)CC(C)(C)CCCC(C)(C)C1CC(N)C1. The average Bonchev–Trinajstić information content (AvgIpc) is 2.07. The Morgan fingerprint density at radius 1 is 0.947 bits per heavy atom. The molecule has 2 heteroatoms. The van der Waals surface area contributed by atoms with Gasteiger partial charge in [0.05, 0.1) is 0 Å². The third-order valence-corrected chi connectivity index (χ3v) is 4.89. The molecule has 0 unspecified atom stereocenters. The highest BCUT2D eigenvalue weighted by molar-refractivity contribution is 4.92. The van der Waals surface area contributed by atoms with Gasteiger partial charge in [-0.2, -0.15) is 0 Å². The molecule has 0 aromatic rings. The smallest absolute Gasteiger partial charge is 0.0102 e. The zero-order chi connectivity index (χ0) is 14.9. The minimum atomic E-state index is -0.0558. The third-order valence-electron chi connectivity index (χ3n) is 4.89. The summed E-state index contributed by atoms with van der Waals surface area (Å²) in [6.07, 6.45) is 7.45. The molecule has 1 aliphatic rings. The standard InChI is InChI=1S/C17H36N2/c1-15(2,12-17(5,6)19)8-7-9-16(3,4)13-10-14(18)11-13/h13-14H,7-12,18-19H2,1-6H3. The Bertz CT molecular complexity index is 280. The molecule has 0 atom stereocenters. The number of hydrogen-bond donors (Lipinski definition) is 2. The lowest BCUT2D eigenvalue weighted by molar-refractivity contribution is 0.0837. The lowest BCUT2D eigenvalue weighted by atomic mass is 9.63. The van der Waals surface area contributed by atoms with Crippen molar-refractivity contribution < 1.29 is 0 Å². The maximum Gasteiger partial charge on any atom is 0.0102 e. The van der Waals surface area contributed by atoms with Crippen molar-refractivity contribution in [1.29, 1.82) is 0 Å². The molecule has 1 saturated carbocycles. The van der Waals surface area contributed by atoms with Crippen molar-refractivity contribution >= 4 is 0 Å². The molecular formula is C17H36N2. The van der Waals surface area contributed by atoms with E-state index < -0.39 is 0 Å². The highest BCUT2D eigenvalue weighted by Crippen LogP contribution is 2.45. The molecule has 4 N–H and O–H groups in total. The summed E-state index contributed by atoms with van der Waals surface area (Å²) < 4.78 is 0. The molecule has 0 aliphatic heterocycles. The van der Waals surface area contributed by atoms with Gasteiger partial charge < -0.3 is 11.5 Å². The monoisotopic (exact) mass is 268 g/mol. The van der Waals surface area contributed by atoms with Crippen LogP contribution in [0.3, 0.4) is 0 Å². The largest absolute Gasteiger partial charge is 0.328 e. The quantitative estimate of drug-likeness (QED) is 0.731. The molecule has 0 amide bonds. The van der Waals surface area contributed by atoms with Gasteiger partial charge in [0, 0.05) is 11.6 Å². The molecule has 1 rings (SSSR count). The molecule has 19 heavy (non-hydrogen) atoms. The van der Waals surface area contributed by atoms with Crippen LogP contribution in [-0.2, 0) is 0 Å². The molecule has 0 saturated heterocycles. The molecular weight excluding hydrogens is 232 g/mol. The highest BCUT2D eigenvalue weighted by atomic mass is 14.7. The Morgan fingerprint density at radius 3 is 1.89 bits per heavy atom. The molecule has 0 bridgehead atoms. The third kappa shape index (κ3) is 5.83. The van der Waals surface area contributed by atoms with Crippen molar-refractivity contribution in [1.82, 2.24) is 0 Å². The van der Waals surface area contributed by atoms with Gasteiger partial charge >= 0.3 is 0 Å². The van der Waals surface area contributed by atoms with Gasteiger partial charge in [0.2, 0.25) is 0 Å². The first-order chi connectivity index (χ1) is 8.41. The van der Waals surface area contributed by atoms with E-state index in [1.165, 1.54) is 32.1 Å². The second-order valence-corrected chi connectivity index (χ2v) is 9.10. The van der Waals surface area contributed by atoms with Crippen molar-refractivity contribution in [3.8, 4) is 0 Å². The number of rotatable bonds is 7. The van der Waals surface area contributed by atoms with Gasteiger partial charge in [0.25, 0.3) is 0 Å². The Balaban J connectivity index is 2.33. The minimum Gasteiger partial charge on any atom is -0.328 e. The predicted molar refractivity (Wildman–Crippen MR) is 85.0 cm³/mol. The highest BCUT2D eigenvalue weighted by Gasteiger charge is 2.38. The van der Waals surface area contributed by atoms with Gasteiger partial charge in [-0.05, 0) is 62.7 Å². The van der Waals surface area contributed by atoms with E-state index in [1.807, 2.05) is 0 Å². The Kier molecular flexibility index (Phi) is 5.12. The summed E-state index contributed by atoms with van der Waals surface area (Å²) in [5.41, 5.74) is 12.8. The van der Waals surface area contributed by atoms with Crippen molar-refractivity contribution in [2.24, 2.45) is 28.2 Å². The minimum absolute atomic E-state index is 0.0558. The van der Waals surface area contributed by atoms with E-state index >= 15 is 0 Å². The van der Waals surface area contributed by atoms with Crippen LogP contribution in [0.2, 0.25) is 0 Å². The Morgan fingerprint density at radius 2 is 1.47 bits per heavy atom. The van der Waals surface area contributed by atoms with Gasteiger partial charge in [0.1, 0.15) is 0 Å². The van der Waals surface area contributed by atoms with Crippen LogP contribution in [0.4, 0.5) is 0 Å². The van der Waals surface area contributed by atoms with Crippen LogP contribution in [0.25, 0.3) is 0 Å². The first-order valence-corrected chi connectivity index (χ1v) is 7.96. The molecule has 0 aromatic carbocycles. The maximum absolute atomic E-state index is 6.16. The molecule has 0 spiro atoms. The summed E-state index contributed by atoms with van der Waals surface area (Å²) in [5.74, 6) is 0.844. The van der Waals surface area contributed by atoms with Crippen LogP contribution in [0.15, 0.2) is 0 Å². The molecule has 0 heterocycles. The molecule has 0 radical (unpaired) electrons. The van der Waals surface area contributed by atoms with Crippen LogP contribution in [0.1, 0.15) is 80.1 Å². The summed E-state index contributed by atoms with van der Waals surface area (Å²) in [5, 5.41) is 0. The molecule has 114 valence electrons. The predicted octanol–water partition coefficient (Wildman–Crippen LogP) is 4.07. The van der Waals surface area contributed by atoms with Gasteiger partial charge in [-0.3, -0.25) is 0 Å². The number of hydrogen-bond acceptors (Lipinski definition) is 2. The van der Waals surface area contributed by atoms with E-state index in [-0.39, 0.29) is 5.54 Å². The zero-order valence-electron chi connectivity index (χ0n) is 14.1. The van der Waals surface area contributed by atoms with E-state index in [0.717, 1.165) is 12.3 Å². The summed E-state index contributed by atoms with van der Waals surface area (Å²) in [6, 6.07) is 0.471. The zero-order valence-corrected chi connectivity index (χ0v) is 14.1. The topological polar surface area (TPSA) is 52.0 Å². The van der Waals surface area contributed by atoms with E-state index in [9.17, 15) is 0 Å². The van der Waals surface area contributed by atoms with Gasteiger partial charge in [-0.1, -0.05) is 34.1 Å². The first kappa shape index (κ1) is 17.0. The van der Waals surface area contributed by atoms with Crippen molar-refractivity contribution in [3.63, 3.8) is 0 Å². The van der Waals surface area contributed by atoms with Gasteiger partial charge in [0.15, 0.2) is 0 Å². The lowest BCUT2D eigenvalue weighted by Crippen LogP contribution is -2.43. The second-order valence-electron chi connectivity index (χ2n) is 9.10. The fraction of sp³-hybridized carbons (Fsp3) is 1.00. The average molecular weight is 268 g/mol. The van der Waals surface area contributed by atoms with Crippen LogP contribution >= 0.6 is 0 Å². The Hall–Kier alpha value is -0.0800. The molecule has 2 nitrogen and oxygen atoms in total. The van der Waals surface area contributed by atoms with Crippen molar-refractivity contribution in [2.45, 2.75) is 91.6 Å². The molecule has 0 aromatic heterocycles. The van der Waals surface area contributed by atoms with E-state index in [0.29, 0.717) is 16.9 Å². The van der Waals surface area contributed by atoms with E-state index in [2.05, 4.69) is 41.5 Å². The maximum atomic E-state index is 6.16. The van der Waals surface area contributed by atoms with E-state index in [1.54, 1.807) is 0 Å². The molecule has 1 fully saturated rings. The summed E-state index contributed by atoms with van der Waals surface area (Å²) in [6.45, 7) is 13.8. The first-order valence-electron chi connectivity index (χ1n) is 7.96. The second kappa shape index (κ2) is 5.73. The Labute approximate surface area is 120 Å². The van der Waals surface area contributed by atoms with Crippen LogP contribution in [-0.4, -0.2) is 11.6 Å². The lowest BCUT2D eigenvalue weighted by Gasteiger charge is -2.44. The summed E-state index contributed by atoms with van der Waals surface area (Å²) in [4.78, 5) is 0. The number of nitrogens with two attached hydrogens (primary N) is 2. The molecule has 1 aliphatic carbocycles. The van der Waals surface area contributed by atoms with Crippen LogP contribution in [0, 0.1) is 16.7 Å². The van der Waals surface area contributed by atoms with Crippen molar-refractivity contribution in [2.75, 3.05) is 0 Å². The van der Waals surface area contributed by atoms with Gasteiger partial charge in [-0.25, -0.2) is 0 Å². The van der Waals surface area contributed by atoms with Crippen molar-refractivity contribution in [3.05, 3.63) is 0 Å². The summed E-state index contributed by atoms with van der Waals surface area (Å²) >= 11 is 0. The normalized spacial score (nSPS) is 25.3. The fourth-order valence-corrected chi connectivity index (χ4v) is 3.85. The fourth-order valence-electron chi connectivity index (χ4n) is 3.85. The van der Waals surface area contributed by atoms with Crippen LogP contribution < -0.4 is 11.5 Å². The van der Waals surface area contributed by atoms with Gasteiger partial charge in [-0.15, -0.1) is 0 Å². The van der Waals surface area contributed by atoms with E-state index in [4.69, 9.17) is 11.5 Å². The summed E-state index contributed by atoms with van der Waals surface area (Å²) in [7, 11) is 0. The van der Waals surface area contributed by atoms with Crippen LogP contribution in [0.5, 0.6) is 0 Å².